The molecule has 11 heteroatoms. The van der Waals surface area contributed by atoms with E-state index < -0.39 is 42.5 Å². The van der Waals surface area contributed by atoms with E-state index in [9.17, 15) is 19.8 Å². The van der Waals surface area contributed by atoms with Gasteiger partial charge in [0.15, 0.2) is 6.23 Å². The summed E-state index contributed by atoms with van der Waals surface area (Å²) in [6, 6.07) is -0.780. The molecule has 1 aliphatic heterocycles. The predicted octanol–water partition coefficient (Wildman–Crippen LogP) is -2.09. The molecule has 25 heavy (non-hydrogen) atoms. The number of ether oxygens (including phenoxy) is 2. The molecule has 0 bridgehead atoms. The van der Waals surface area contributed by atoms with Crippen molar-refractivity contribution < 1.29 is 29.3 Å². The number of carbonyl (C=O) groups excluding carboxylic acids is 2. The van der Waals surface area contributed by atoms with Crippen LogP contribution in [0.25, 0.3) is 0 Å². The molecule has 1 aromatic heterocycles. The number of nitrogens with two attached hydrogens (primary N) is 2. The van der Waals surface area contributed by atoms with Crippen LogP contribution in [0.15, 0.2) is 6.33 Å². The number of esters is 1. The topological polar surface area (TPSA) is 176 Å². The number of hydrogen-bond acceptors (Lipinski definition) is 9. The molecular formula is C14H23N5O6. The number of aromatic nitrogens is 3. The maximum atomic E-state index is 11.9. The fraction of sp³-hybridized carbons (Fsp3) is 0.714. The van der Waals surface area contributed by atoms with E-state index in [-0.39, 0.29) is 18.3 Å². The van der Waals surface area contributed by atoms with Crippen molar-refractivity contribution in [3.05, 3.63) is 12.2 Å². The van der Waals surface area contributed by atoms with Gasteiger partial charge in [-0.25, -0.2) is 9.67 Å². The molecule has 0 spiro atoms. The van der Waals surface area contributed by atoms with Gasteiger partial charge in [-0.3, -0.25) is 9.59 Å². The third kappa shape index (κ3) is 4.12. The van der Waals surface area contributed by atoms with Crippen LogP contribution < -0.4 is 11.5 Å². The highest BCUT2D eigenvalue weighted by Gasteiger charge is 2.45. The van der Waals surface area contributed by atoms with Gasteiger partial charge < -0.3 is 31.2 Å². The molecule has 1 aromatic rings. The van der Waals surface area contributed by atoms with Crippen LogP contribution in [0.2, 0.25) is 0 Å². The Morgan fingerprint density at radius 3 is 2.68 bits per heavy atom. The van der Waals surface area contributed by atoms with E-state index in [1.54, 1.807) is 0 Å². The Bertz CT molecular complexity index is 623. The second kappa shape index (κ2) is 7.87. The third-order valence-corrected chi connectivity index (χ3v) is 4.25. The minimum Gasteiger partial charge on any atom is -0.462 e. The number of amides is 1. The summed E-state index contributed by atoms with van der Waals surface area (Å²) in [5.74, 6) is -1.75. The summed E-state index contributed by atoms with van der Waals surface area (Å²) in [6.07, 6.45) is -2.88. The first-order valence-corrected chi connectivity index (χ1v) is 7.91. The Hall–Kier alpha value is -2.08. The molecule has 6 N–H and O–H groups in total. The van der Waals surface area contributed by atoms with Gasteiger partial charge in [-0.2, -0.15) is 0 Å². The second-order valence-electron chi connectivity index (χ2n) is 6.00. The first kappa shape index (κ1) is 19.2. The van der Waals surface area contributed by atoms with E-state index in [4.69, 9.17) is 20.9 Å². The molecule has 140 valence electrons. The van der Waals surface area contributed by atoms with Crippen molar-refractivity contribution in [2.75, 3.05) is 6.61 Å². The molecule has 1 amide bonds. The summed E-state index contributed by atoms with van der Waals surface area (Å²) in [6.45, 7) is 3.45. The summed E-state index contributed by atoms with van der Waals surface area (Å²) >= 11 is 0. The minimum atomic E-state index is -1.35. The molecule has 0 radical (unpaired) electrons. The van der Waals surface area contributed by atoms with Crippen LogP contribution in [0.5, 0.6) is 0 Å². The number of carbonyl (C=O) groups is 2. The first-order chi connectivity index (χ1) is 11.8. The average Bonchev–Trinajstić information content (AvgIpc) is 3.18. The zero-order valence-corrected chi connectivity index (χ0v) is 14.0. The highest BCUT2D eigenvalue weighted by Crippen LogP contribution is 2.29. The minimum absolute atomic E-state index is 0.0531. The maximum absolute atomic E-state index is 11.9. The molecule has 2 heterocycles. The number of hydrogen-bond donors (Lipinski definition) is 4. The number of aliphatic hydroxyl groups excluding tert-OH is 2. The second-order valence-corrected chi connectivity index (χ2v) is 6.00. The van der Waals surface area contributed by atoms with E-state index in [0.29, 0.717) is 6.42 Å². The Labute approximate surface area is 143 Å². The number of primary amides is 1. The lowest BCUT2D eigenvalue weighted by atomic mass is 10.0. The number of aliphatic hydroxyl groups is 2. The largest absolute Gasteiger partial charge is 0.462 e. The molecular weight excluding hydrogens is 334 g/mol. The predicted molar refractivity (Wildman–Crippen MR) is 82.9 cm³/mol. The van der Waals surface area contributed by atoms with Gasteiger partial charge in [0.25, 0.3) is 5.91 Å². The highest BCUT2D eigenvalue weighted by molar-refractivity contribution is 5.88. The van der Waals surface area contributed by atoms with Crippen molar-refractivity contribution in [3.8, 4) is 0 Å². The van der Waals surface area contributed by atoms with Crippen molar-refractivity contribution in [1.82, 2.24) is 14.8 Å². The zero-order valence-electron chi connectivity index (χ0n) is 14.0. The summed E-state index contributed by atoms with van der Waals surface area (Å²) in [4.78, 5) is 26.6. The van der Waals surface area contributed by atoms with Gasteiger partial charge in [0.2, 0.25) is 5.82 Å². The lowest BCUT2D eigenvalue weighted by Gasteiger charge is -2.19. The fourth-order valence-corrected chi connectivity index (χ4v) is 2.34. The maximum Gasteiger partial charge on any atom is 0.323 e. The molecule has 1 aliphatic rings. The smallest absolute Gasteiger partial charge is 0.323 e. The van der Waals surface area contributed by atoms with Crippen molar-refractivity contribution >= 4 is 11.9 Å². The lowest BCUT2D eigenvalue weighted by Crippen LogP contribution is -2.40. The molecule has 0 aliphatic carbocycles. The van der Waals surface area contributed by atoms with Gasteiger partial charge in [0.1, 0.15) is 37.3 Å². The van der Waals surface area contributed by atoms with Crippen molar-refractivity contribution in [1.29, 1.82) is 0 Å². The van der Waals surface area contributed by atoms with Crippen LogP contribution >= 0.6 is 0 Å². The van der Waals surface area contributed by atoms with Gasteiger partial charge in [0.05, 0.1) is 0 Å². The molecule has 6 atom stereocenters. The Morgan fingerprint density at radius 2 is 2.12 bits per heavy atom. The van der Waals surface area contributed by atoms with Crippen LogP contribution in [0.4, 0.5) is 0 Å². The number of rotatable bonds is 7. The summed E-state index contributed by atoms with van der Waals surface area (Å²) in [5.41, 5.74) is 10.8. The standard InChI is InChI=1S/C14H23N5O6/c1-3-6(2)8(15)14(23)24-4-7-9(20)10(21)13(25-7)19-5-17-12(18-19)11(16)22/h5-10,13,20-21H,3-4,15H2,1-2H3,(H2,16,22)/t6?,7-,8?,9-,10-,13-/m1/s1. The molecule has 0 saturated carbocycles. The normalized spacial score (nSPS) is 28.5. The lowest BCUT2D eigenvalue weighted by molar-refractivity contribution is -0.153. The summed E-state index contributed by atoms with van der Waals surface area (Å²) in [5, 5.41) is 23.9. The SMILES string of the molecule is CCC(C)C(N)C(=O)OC[C@H]1O[C@@H](n2cnc(C(N)=O)n2)[C@H](O)[C@@H]1O. The fourth-order valence-electron chi connectivity index (χ4n) is 2.34. The van der Waals surface area contributed by atoms with Crippen LogP contribution in [0.3, 0.4) is 0 Å². The van der Waals surface area contributed by atoms with Gasteiger partial charge in [-0.05, 0) is 5.92 Å². The average molecular weight is 357 g/mol. The van der Waals surface area contributed by atoms with E-state index in [1.165, 1.54) is 0 Å². The van der Waals surface area contributed by atoms with E-state index in [2.05, 4.69) is 10.1 Å². The van der Waals surface area contributed by atoms with Gasteiger partial charge in [0, 0.05) is 0 Å². The monoisotopic (exact) mass is 357 g/mol. The van der Waals surface area contributed by atoms with Crippen molar-refractivity contribution in [2.45, 2.75) is 50.8 Å². The number of nitrogens with zero attached hydrogens (tertiary/aromatic N) is 3. The van der Waals surface area contributed by atoms with Crippen LogP contribution in [-0.4, -0.2) is 67.8 Å². The Morgan fingerprint density at radius 1 is 1.44 bits per heavy atom. The summed E-state index contributed by atoms with van der Waals surface area (Å²) in [7, 11) is 0. The zero-order chi connectivity index (χ0) is 18.7. The summed E-state index contributed by atoms with van der Waals surface area (Å²) < 4.78 is 11.6. The van der Waals surface area contributed by atoms with Gasteiger partial charge in [-0.15, -0.1) is 5.10 Å². The molecule has 1 fully saturated rings. The first-order valence-electron chi connectivity index (χ1n) is 7.91. The van der Waals surface area contributed by atoms with Gasteiger partial charge in [-0.1, -0.05) is 20.3 Å². The van der Waals surface area contributed by atoms with Crippen molar-refractivity contribution in [3.63, 3.8) is 0 Å². The van der Waals surface area contributed by atoms with Gasteiger partial charge >= 0.3 is 5.97 Å². The van der Waals surface area contributed by atoms with Crippen LogP contribution in [0, 0.1) is 5.92 Å². The molecule has 1 saturated heterocycles. The van der Waals surface area contributed by atoms with Crippen LogP contribution in [0.1, 0.15) is 37.1 Å². The molecule has 2 rings (SSSR count). The molecule has 0 aromatic carbocycles. The quantitative estimate of drug-likeness (QED) is 0.399. The van der Waals surface area contributed by atoms with E-state index in [0.717, 1.165) is 11.0 Å². The molecule has 2 unspecified atom stereocenters. The Balaban J connectivity index is 1.97. The third-order valence-electron chi connectivity index (χ3n) is 4.25. The Kier molecular flexibility index (Phi) is 6.06. The molecule has 11 nitrogen and oxygen atoms in total. The van der Waals surface area contributed by atoms with Crippen LogP contribution in [-0.2, 0) is 14.3 Å². The van der Waals surface area contributed by atoms with E-state index in [1.807, 2.05) is 13.8 Å². The van der Waals surface area contributed by atoms with E-state index >= 15 is 0 Å². The highest BCUT2D eigenvalue weighted by atomic mass is 16.6. The van der Waals surface area contributed by atoms with Crippen molar-refractivity contribution in [2.24, 2.45) is 17.4 Å².